The van der Waals surface area contributed by atoms with Gasteiger partial charge in [-0.2, -0.15) is 5.10 Å². The Morgan fingerprint density at radius 2 is 2.00 bits per heavy atom. The highest BCUT2D eigenvalue weighted by molar-refractivity contribution is 6.47. The average Bonchev–Trinajstić information content (AvgIpc) is 3.05. The molecule has 0 saturated heterocycles. The number of esters is 1. The summed E-state index contributed by atoms with van der Waals surface area (Å²) in [5.74, 6) is -1.22. The highest BCUT2D eigenvalue weighted by Crippen LogP contribution is 2.23. The van der Waals surface area contributed by atoms with Gasteiger partial charge in [0.25, 0.3) is 0 Å². The zero-order chi connectivity index (χ0) is 18.4. The molecule has 0 radical (unpaired) electrons. The molecule has 0 aromatic heterocycles. The largest absolute Gasteiger partial charge is 0.464 e. The molecule has 1 amide bonds. The van der Waals surface area contributed by atoms with Crippen LogP contribution >= 0.6 is 0 Å². The quantitative estimate of drug-likeness (QED) is 0.463. The number of amides is 1. The third-order valence-corrected chi connectivity index (χ3v) is 3.94. The highest BCUT2D eigenvalue weighted by atomic mass is 16.5. The van der Waals surface area contributed by atoms with Crippen molar-refractivity contribution in [2.45, 2.75) is 45.6 Å². The van der Waals surface area contributed by atoms with E-state index in [1.165, 1.54) is 0 Å². The summed E-state index contributed by atoms with van der Waals surface area (Å²) >= 11 is 0. The SMILES string of the molecule is CCCCC(=O)N1N=C(C(=O)c2ccccc2N)CC1C(=O)OCC. The number of rotatable bonds is 7. The van der Waals surface area contributed by atoms with Gasteiger partial charge in [-0.05, 0) is 25.5 Å². The molecular formula is C18H23N3O4. The van der Waals surface area contributed by atoms with E-state index >= 15 is 0 Å². The van der Waals surface area contributed by atoms with Gasteiger partial charge in [-0.3, -0.25) is 9.59 Å². The number of nitrogen functional groups attached to an aromatic ring is 1. The second-order valence-corrected chi connectivity index (χ2v) is 5.78. The van der Waals surface area contributed by atoms with Crippen molar-refractivity contribution < 1.29 is 19.1 Å². The standard InChI is InChI=1S/C18H23N3O4/c1-3-5-10-16(22)21-15(18(24)25-4-2)11-14(20-21)17(23)12-8-6-7-9-13(12)19/h6-9,15H,3-5,10-11,19H2,1-2H3. The fraction of sp³-hybridized carbons (Fsp3) is 0.444. The number of Topliss-reactive ketones (excluding diaryl/α,β-unsaturated/α-hetero) is 1. The van der Waals surface area contributed by atoms with E-state index in [2.05, 4.69) is 5.10 Å². The number of anilines is 1. The van der Waals surface area contributed by atoms with Gasteiger partial charge in [0.1, 0.15) is 5.71 Å². The van der Waals surface area contributed by atoms with Crippen LogP contribution in [0.5, 0.6) is 0 Å². The van der Waals surface area contributed by atoms with Crippen LogP contribution in [-0.2, 0) is 14.3 Å². The van der Waals surface area contributed by atoms with Crippen LogP contribution in [0.3, 0.4) is 0 Å². The van der Waals surface area contributed by atoms with Crippen molar-refractivity contribution in [1.82, 2.24) is 5.01 Å². The van der Waals surface area contributed by atoms with Crippen molar-refractivity contribution >= 4 is 29.1 Å². The number of carbonyl (C=O) groups excluding carboxylic acids is 3. The number of hydrazone groups is 1. The van der Waals surface area contributed by atoms with Gasteiger partial charge in [0.15, 0.2) is 6.04 Å². The summed E-state index contributed by atoms with van der Waals surface area (Å²) in [7, 11) is 0. The highest BCUT2D eigenvalue weighted by Gasteiger charge is 2.39. The first kappa shape index (κ1) is 18.6. The van der Waals surface area contributed by atoms with Crippen LogP contribution in [0.4, 0.5) is 5.69 Å². The summed E-state index contributed by atoms with van der Waals surface area (Å²) in [6, 6.07) is 5.75. The Hall–Kier alpha value is -2.70. The summed E-state index contributed by atoms with van der Waals surface area (Å²) in [6.07, 6.45) is 1.84. The topological polar surface area (TPSA) is 102 Å². The van der Waals surface area contributed by atoms with E-state index in [1.807, 2.05) is 6.92 Å². The lowest BCUT2D eigenvalue weighted by Gasteiger charge is -2.19. The van der Waals surface area contributed by atoms with Crippen LogP contribution in [0.2, 0.25) is 0 Å². The number of nitrogens with two attached hydrogens (primary N) is 1. The molecule has 0 bridgehead atoms. The number of hydrogen-bond donors (Lipinski definition) is 1. The maximum absolute atomic E-state index is 12.7. The predicted molar refractivity (Wildman–Crippen MR) is 94.0 cm³/mol. The Bertz CT molecular complexity index is 699. The zero-order valence-corrected chi connectivity index (χ0v) is 14.5. The minimum absolute atomic E-state index is 0.0316. The molecule has 1 aromatic carbocycles. The van der Waals surface area contributed by atoms with Crippen molar-refractivity contribution in [3.05, 3.63) is 29.8 Å². The molecule has 7 nitrogen and oxygen atoms in total. The Labute approximate surface area is 146 Å². The Kier molecular flexibility index (Phi) is 6.27. The summed E-state index contributed by atoms with van der Waals surface area (Å²) < 4.78 is 5.03. The molecule has 0 spiro atoms. The van der Waals surface area contributed by atoms with Gasteiger partial charge in [-0.15, -0.1) is 0 Å². The van der Waals surface area contributed by atoms with Crippen LogP contribution in [-0.4, -0.2) is 41.0 Å². The van der Waals surface area contributed by atoms with Gasteiger partial charge in [-0.1, -0.05) is 25.5 Å². The molecular weight excluding hydrogens is 322 g/mol. The average molecular weight is 345 g/mol. The summed E-state index contributed by atoms with van der Waals surface area (Å²) in [5, 5.41) is 5.23. The molecule has 1 aliphatic rings. The second-order valence-electron chi connectivity index (χ2n) is 5.78. The van der Waals surface area contributed by atoms with Crippen molar-refractivity contribution in [3.8, 4) is 0 Å². The minimum atomic E-state index is -0.895. The van der Waals surface area contributed by atoms with Crippen LogP contribution in [0.15, 0.2) is 29.4 Å². The van der Waals surface area contributed by atoms with E-state index in [4.69, 9.17) is 10.5 Å². The van der Waals surface area contributed by atoms with Crippen molar-refractivity contribution in [2.75, 3.05) is 12.3 Å². The molecule has 1 unspecified atom stereocenters. The van der Waals surface area contributed by atoms with Gasteiger partial charge < -0.3 is 10.5 Å². The maximum Gasteiger partial charge on any atom is 0.331 e. The zero-order valence-electron chi connectivity index (χ0n) is 14.5. The molecule has 0 aliphatic carbocycles. The molecule has 7 heteroatoms. The fourth-order valence-electron chi connectivity index (χ4n) is 2.60. The molecule has 0 fully saturated rings. The fourth-order valence-corrected chi connectivity index (χ4v) is 2.60. The van der Waals surface area contributed by atoms with Crippen LogP contribution in [0.25, 0.3) is 0 Å². The number of para-hydroxylation sites is 1. The van der Waals surface area contributed by atoms with Crippen molar-refractivity contribution in [3.63, 3.8) is 0 Å². The first-order chi connectivity index (χ1) is 12.0. The number of ether oxygens (including phenoxy) is 1. The molecule has 1 aliphatic heterocycles. The van der Waals surface area contributed by atoms with Crippen molar-refractivity contribution in [2.24, 2.45) is 5.10 Å². The van der Waals surface area contributed by atoms with Gasteiger partial charge in [-0.25, -0.2) is 9.80 Å². The molecule has 1 atom stereocenters. The Morgan fingerprint density at radius 3 is 2.64 bits per heavy atom. The summed E-state index contributed by atoms with van der Waals surface area (Å²) in [6.45, 7) is 3.85. The Balaban J connectivity index is 2.26. The van der Waals surface area contributed by atoms with Gasteiger partial charge in [0, 0.05) is 24.1 Å². The van der Waals surface area contributed by atoms with Crippen molar-refractivity contribution in [1.29, 1.82) is 0 Å². The maximum atomic E-state index is 12.7. The number of benzene rings is 1. The summed E-state index contributed by atoms with van der Waals surface area (Å²) in [5.41, 5.74) is 6.63. The van der Waals surface area contributed by atoms with E-state index in [1.54, 1.807) is 31.2 Å². The second kappa shape index (κ2) is 8.41. The lowest BCUT2D eigenvalue weighted by molar-refractivity contribution is -0.153. The van der Waals surface area contributed by atoms with Gasteiger partial charge in [0.05, 0.1) is 6.61 Å². The van der Waals surface area contributed by atoms with Gasteiger partial charge >= 0.3 is 5.97 Å². The molecule has 1 aromatic rings. The molecule has 25 heavy (non-hydrogen) atoms. The Morgan fingerprint density at radius 1 is 1.28 bits per heavy atom. The minimum Gasteiger partial charge on any atom is -0.464 e. The number of nitrogens with zero attached hydrogens (tertiary/aromatic N) is 2. The lowest BCUT2D eigenvalue weighted by Crippen LogP contribution is -2.39. The number of ketones is 1. The smallest absolute Gasteiger partial charge is 0.331 e. The summed E-state index contributed by atoms with van der Waals surface area (Å²) in [4.78, 5) is 37.2. The van der Waals surface area contributed by atoms with Crippen LogP contribution in [0, 0.1) is 0 Å². The third-order valence-electron chi connectivity index (χ3n) is 3.94. The molecule has 0 saturated carbocycles. The molecule has 1 heterocycles. The molecule has 2 rings (SSSR count). The van der Waals surface area contributed by atoms with Gasteiger partial charge in [0.2, 0.25) is 11.7 Å². The van der Waals surface area contributed by atoms with E-state index < -0.39 is 12.0 Å². The molecule has 134 valence electrons. The normalized spacial score (nSPS) is 16.5. The van der Waals surface area contributed by atoms with E-state index in [0.717, 1.165) is 11.4 Å². The monoisotopic (exact) mass is 345 g/mol. The predicted octanol–water partition coefficient (Wildman–Crippen LogP) is 2.16. The first-order valence-corrected chi connectivity index (χ1v) is 8.44. The van der Waals surface area contributed by atoms with Crippen LogP contribution < -0.4 is 5.73 Å². The number of hydrogen-bond acceptors (Lipinski definition) is 6. The number of unbranched alkanes of at least 4 members (excludes halogenated alkanes) is 1. The van der Waals surface area contributed by atoms with E-state index in [0.29, 0.717) is 17.7 Å². The number of carbonyl (C=O) groups is 3. The third kappa shape index (κ3) is 4.23. The van der Waals surface area contributed by atoms with E-state index in [-0.39, 0.29) is 36.9 Å². The van der Waals surface area contributed by atoms with Crippen LogP contribution in [0.1, 0.15) is 49.9 Å². The molecule has 2 N–H and O–H groups in total. The first-order valence-electron chi connectivity index (χ1n) is 8.44. The van der Waals surface area contributed by atoms with E-state index in [9.17, 15) is 14.4 Å². The lowest BCUT2D eigenvalue weighted by atomic mass is 10.0.